The molecule has 0 aliphatic carbocycles. The molecule has 0 spiro atoms. The van der Waals surface area contributed by atoms with Gasteiger partial charge in [-0.15, -0.1) is 138 Å². The first-order chi connectivity index (χ1) is 23.0. The number of hydrogen-bond acceptors (Lipinski definition) is 0. The van der Waals surface area contributed by atoms with Crippen LogP contribution < -0.4 is 24.8 Å². The van der Waals surface area contributed by atoms with Crippen LogP contribution in [0.3, 0.4) is 0 Å². The van der Waals surface area contributed by atoms with Crippen molar-refractivity contribution in [2.45, 2.75) is 53.9 Å². The molecule has 0 aliphatic heterocycles. The number of aryl methyl sites for hydroxylation is 4. The summed E-state index contributed by atoms with van der Waals surface area (Å²) < 4.78 is 0. The number of rotatable bonds is 0. The van der Waals surface area contributed by atoms with Crippen LogP contribution in [0.25, 0.3) is 43.1 Å². The van der Waals surface area contributed by atoms with Crippen LogP contribution in [0.15, 0.2) is 146 Å². The van der Waals surface area contributed by atoms with E-state index < -0.39 is 0 Å². The number of fused-ring (bicyclic) bond motifs is 4. The number of halogens is 2. The third-order valence-corrected chi connectivity index (χ3v) is 7.59. The van der Waals surface area contributed by atoms with Crippen LogP contribution in [0.5, 0.6) is 0 Å². The molecule has 256 valence electrons. The van der Waals surface area contributed by atoms with Crippen molar-refractivity contribution >= 4 is 54.0 Å². The monoisotopic (exact) mass is 882 g/mol. The van der Waals surface area contributed by atoms with Crippen molar-refractivity contribution < 1.29 is 71.5 Å². The van der Waals surface area contributed by atoms with Crippen LogP contribution in [-0.2, 0) is 46.7 Å². The van der Waals surface area contributed by atoms with E-state index in [0.29, 0.717) is 0 Å². The van der Waals surface area contributed by atoms with Gasteiger partial charge in [0.2, 0.25) is 0 Å². The molecule has 0 amide bonds. The molecule has 0 heterocycles. The van der Waals surface area contributed by atoms with Gasteiger partial charge in [-0.3, -0.25) is 0 Å². The summed E-state index contributed by atoms with van der Waals surface area (Å²) in [6.45, 7) is 17.8. The Morgan fingerprint density at radius 2 is 0.500 bits per heavy atom. The van der Waals surface area contributed by atoms with E-state index in [1.165, 1.54) is 65.3 Å². The van der Waals surface area contributed by atoms with Crippen molar-refractivity contribution in [2.24, 2.45) is 0 Å². The Hall–Kier alpha value is -1.90. The second-order valence-corrected chi connectivity index (χ2v) is 31.2. The van der Waals surface area contributed by atoms with Gasteiger partial charge in [-0.05, 0) is 0 Å². The van der Waals surface area contributed by atoms with Crippen LogP contribution in [0.2, 0.25) is 26.2 Å². The normalized spacial score (nSPS) is 9.52. The Morgan fingerprint density at radius 3 is 0.660 bits per heavy atom. The fourth-order valence-corrected chi connectivity index (χ4v) is 5.22. The van der Waals surface area contributed by atoms with Crippen LogP contribution in [-0.4, -0.2) is 10.9 Å². The Labute approximate surface area is 343 Å². The fourth-order valence-electron chi connectivity index (χ4n) is 5.22. The third kappa shape index (κ3) is 15.4. The minimum atomic E-state index is 0. The summed E-state index contributed by atoms with van der Waals surface area (Å²) in [6.07, 6.45) is 0. The van der Waals surface area contributed by atoms with Crippen molar-refractivity contribution in [1.29, 1.82) is 0 Å². The van der Waals surface area contributed by atoms with E-state index in [2.05, 4.69) is 199 Å². The van der Waals surface area contributed by atoms with E-state index in [-0.39, 0.29) is 35.7 Å². The van der Waals surface area contributed by atoms with Gasteiger partial charge in [0.25, 0.3) is 0 Å². The van der Waals surface area contributed by atoms with Gasteiger partial charge in [0.05, 0.1) is 0 Å². The molecule has 6 heteroatoms. The van der Waals surface area contributed by atoms with Gasteiger partial charge in [0.1, 0.15) is 0 Å². The van der Waals surface area contributed by atoms with Crippen LogP contribution in [0, 0.1) is 27.7 Å². The second kappa shape index (κ2) is 24.4. The molecule has 0 saturated heterocycles. The van der Waals surface area contributed by atoms with Crippen LogP contribution >= 0.6 is 0 Å². The topological polar surface area (TPSA) is 0 Å². The summed E-state index contributed by atoms with van der Waals surface area (Å²) in [5.74, 6) is 0. The predicted molar refractivity (Wildman–Crippen MR) is 212 cm³/mol. The summed E-state index contributed by atoms with van der Waals surface area (Å²) in [5.41, 5.74) is 5.90. The van der Waals surface area contributed by atoms with Gasteiger partial charge >= 0.3 is 83.7 Å². The minimum absolute atomic E-state index is 0. The Bertz CT molecular complexity index is 1870. The molecular formula is C44H48Cl2Si2Zr2-2. The zero-order valence-corrected chi connectivity index (χ0v) is 39.0. The molecule has 0 bridgehead atoms. The van der Waals surface area contributed by atoms with E-state index in [1.54, 1.807) is 46.7 Å². The summed E-state index contributed by atoms with van der Waals surface area (Å²) in [6, 6.07) is 51.1. The van der Waals surface area contributed by atoms with Gasteiger partial charge in [-0.1, -0.05) is 52.0 Å². The second-order valence-electron chi connectivity index (χ2n) is 12.4. The van der Waals surface area contributed by atoms with Crippen molar-refractivity contribution in [3.05, 3.63) is 168 Å². The SMILES string of the molecule is C[Si](C)=[Zr+2].C[Si](C)=[Zr+2].C[c-]1ccc2ccccc21.C[c-]1ccc2ccccc21.C[c-]1ccc2ccccc21.C[c-]1ccc2ccccc21.[Cl-].[Cl-]. The summed E-state index contributed by atoms with van der Waals surface area (Å²) >= 11 is 3.48. The average Bonchev–Trinajstić information content (AvgIpc) is 3.85. The first kappa shape index (κ1) is 46.1. The number of hydrogen-bond donors (Lipinski definition) is 0. The summed E-state index contributed by atoms with van der Waals surface area (Å²) in [5, 5.41) is 10.9. The molecule has 50 heavy (non-hydrogen) atoms. The summed E-state index contributed by atoms with van der Waals surface area (Å²) in [7, 11) is 0. The molecule has 0 N–H and O–H groups in total. The van der Waals surface area contributed by atoms with Crippen molar-refractivity contribution in [2.75, 3.05) is 0 Å². The summed E-state index contributed by atoms with van der Waals surface area (Å²) in [4.78, 5) is 0. The van der Waals surface area contributed by atoms with E-state index in [0.717, 1.165) is 0 Å². The van der Waals surface area contributed by atoms with Crippen molar-refractivity contribution in [3.63, 3.8) is 0 Å². The smallest absolute Gasteiger partial charge is 0.0748 e. The van der Waals surface area contributed by atoms with Gasteiger partial charge in [0.15, 0.2) is 0 Å². The molecular weight excluding hydrogens is 838 g/mol. The third-order valence-electron chi connectivity index (χ3n) is 7.59. The Balaban J connectivity index is 0.000000308. The Morgan fingerprint density at radius 1 is 0.340 bits per heavy atom. The molecule has 0 fully saturated rings. The molecule has 8 rings (SSSR count). The largest absolute Gasteiger partial charge is 1.00 e. The minimum Gasteiger partial charge on any atom is -1.00 e. The molecule has 0 aromatic heterocycles. The molecule has 0 atom stereocenters. The van der Waals surface area contributed by atoms with E-state index in [9.17, 15) is 0 Å². The molecule has 8 aromatic rings. The van der Waals surface area contributed by atoms with Crippen LogP contribution in [0.4, 0.5) is 0 Å². The maximum atomic E-state index is 2.31. The van der Waals surface area contributed by atoms with Crippen molar-refractivity contribution in [1.82, 2.24) is 0 Å². The maximum absolute atomic E-state index is 2.31. The zero-order chi connectivity index (χ0) is 35.1. The van der Waals surface area contributed by atoms with E-state index >= 15 is 0 Å². The quantitative estimate of drug-likeness (QED) is 0.113. The predicted octanol–water partition coefficient (Wildman–Crippen LogP) is 7.05. The molecule has 8 aromatic carbocycles. The first-order valence-corrected chi connectivity index (χ1v) is 28.8. The molecule has 0 nitrogen and oxygen atoms in total. The van der Waals surface area contributed by atoms with Gasteiger partial charge < -0.3 is 24.8 Å². The Kier molecular flexibility index (Phi) is 22.5. The van der Waals surface area contributed by atoms with Crippen LogP contribution in [0.1, 0.15) is 22.3 Å². The molecule has 0 radical (unpaired) electrons. The molecule has 0 aliphatic rings. The standard InChI is InChI=1S/4C10H9.2C2H6Si.2ClH.2Zr/c4*1-8-6-7-9-4-2-3-5-10(8)9;2*1-3-2;;;;/h4*2-7H,1H3;2*1-2H3;2*1H;;/q4*-1;;;;;2*+2/p-2. The van der Waals surface area contributed by atoms with Gasteiger partial charge in [0, 0.05) is 0 Å². The van der Waals surface area contributed by atoms with E-state index in [4.69, 9.17) is 0 Å². The number of benzene rings is 4. The zero-order valence-electron chi connectivity index (χ0n) is 30.6. The molecule has 0 saturated carbocycles. The maximum Gasteiger partial charge on any atom is -0.0748 e. The van der Waals surface area contributed by atoms with E-state index in [1.807, 2.05) is 0 Å². The van der Waals surface area contributed by atoms with Gasteiger partial charge in [-0.2, -0.15) is 48.5 Å². The fraction of sp³-hybridized carbons (Fsp3) is 0.182. The van der Waals surface area contributed by atoms with Crippen molar-refractivity contribution in [3.8, 4) is 0 Å². The van der Waals surface area contributed by atoms with Gasteiger partial charge in [-0.25, -0.2) is 0 Å². The average molecular weight is 886 g/mol. The first-order valence-electron chi connectivity index (χ1n) is 16.5. The molecule has 0 unspecified atom stereocenters.